The number of sulfone groups is 1. The molecule has 1 aromatic heterocycles. The first kappa shape index (κ1) is 28.0. The van der Waals surface area contributed by atoms with Crippen LogP contribution >= 0.6 is 11.6 Å². The Morgan fingerprint density at radius 3 is 2.53 bits per heavy atom. The number of carbonyl (C=O) groups is 2. The fraction of sp³-hybridized carbons (Fsp3) is 0.560. The third kappa shape index (κ3) is 8.23. The number of aromatic nitrogens is 2. The number of ether oxygens (including phenoxy) is 1. The minimum absolute atomic E-state index is 0.0478. The van der Waals surface area contributed by atoms with Gasteiger partial charge in [-0.05, 0) is 50.8 Å². The van der Waals surface area contributed by atoms with Crippen molar-refractivity contribution in [3.8, 4) is 0 Å². The molecular formula is C25H35ClN4O5S. The topological polar surface area (TPSA) is 119 Å². The Bertz CT molecular complexity index is 1180. The van der Waals surface area contributed by atoms with E-state index in [0.717, 1.165) is 31.9 Å². The zero-order chi connectivity index (χ0) is 26.5. The van der Waals surface area contributed by atoms with Gasteiger partial charge < -0.3 is 15.4 Å². The summed E-state index contributed by atoms with van der Waals surface area (Å²) in [5.41, 5.74) is 0.107. The van der Waals surface area contributed by atoms with Gasteiger partial charge in [0, 0.05) is 25.1 Å². The summed E-state index contributed by atoms with van der Waals surface area (Å²) < 4.78 is 30.8. The molecule has 0 aliphatic heterocycles. The average Bonchev–Trinajstić information content (AvgIpc) is 3.41. The SMILES string of the molecule is CC(C)(C)OC(=O)NCCn1ccc(NC(=O)C(CC2CCCC2)c2ccc(S(C)(=O)=O)c(Cl)c2)n1. The molecular weight excluding hydrogens is 504 g/mol. The standard InChI is InChI=1S/C25H35ClN4O5S/c1-25(2,3)35-24(32)27-12-14-30-13-11-22(29-30)28-23(31)19(15-17-7-5-6-8-17)18-9-10-21(20(26)16-18)36(4,33)34/h9-11,13,16-17,19H,5-8,12,14-15H2,1-4H3,(H,27,32)(H,28,29,31). The van der Waals surface area contributed by atoms with E-state index in [-0.39, 0.29) is 15.8 Å². The molecule has 2 N–H and O–H groups in total. The Balaban J connectivity index is 1.67. The molecule has 0 spiro atoms. The number of rotatable bonds is 9. The molecule has 9 nitrogen and oxygen atoms in total. The Kier molecular flexibility index (Phi) is 9.05. The van der Waals surface area contributed by atoms with Crippen LogP contribution in [0.15, 0.2) is 35.4 Å². The highest BCUT2D eigenvalue weighted by Crippen LogP contribution is 2.36. The Hall–Kier alpha value is -2.59. The van der Waals surface area contributed by atoms with Crippen LogP contribution in [0.5, 0.6) is 0 Å². The highest BCUT2D eigenvalue weighted by atomic mass is 35.5. The van der Waals surface area contributed by atoms with Crippen LogP contribution in [0, 0.1) is 5.92 Å². The quantitative estimate of drug-likeness (QED) is 0.474. The fourth-order valence-corrected chi connectivity index (χ4v) is 5.70. The van der Waals surface area contributed by atoms with Gasteiger partial charge in [0.05, 0.1) is 22.4 Å². The summed E-state index contributed by atoms with van der Waals surface area (Å²) in [6.07, 6.45) is 7.41. The van der Waals surface area contributed by atoms with Gasteiger partial charge >= 0.3 is 6.09 Å². The summed E-state index contributed by atoms with van der Waals surface area (Å²) in [5.74, 6) is 0.110. The lowest BCUT2D eigenvalue weighted by molar-refractivity contribution is -0.118. The molecule has 1 fully saturated rings. The third-order valence-corrected chi connectivity index (χ3v) is 7.60. The van der Waals surface area contributed by atoms with E-state index in [9.17, 15) is 18.0 Å². The normalized spacial score (nSPS) is 15.5. The summed E-state index contributed by atoms with van der Waals surface area (Å²) in [7, 11) is -3.47. The Morgan fingerprint density at radius 1 is 1.22 bits per heavy atom. The summed E-state index contributed by atoms with van der Waals surface area (Å²) in [6.45, 7) is 6.11. The Labute approximate surface area is 217 Å². The number of nitrogens with zero attached hydrogens (tertiary/aromatic N) is 2. The zero-order valence-corrected chi connectivity index (χ0v) is 22.8. The maximum atomic E-state index is 13.3. The van der Waals surface area contributed by atoms with E-state index in [1.807, 2.05) is 0 Å². The highest BCUT2D eigenvalue weighted by Gasteiger charge is 2.28. The second kappa shape index (κ2) is 11.6. The van der Waals surface area contributed by atoms with Gasteiger partial charge in [-0.2, -0.15) is 5.10 Å². The van der Waals surface area contributed by atoms with Crippen molar-refractivity contribution in [3.05, 3.63) is 41.0 Å². The van der Waals surface area contributed by atoms with E-state index in [1.165, 1.54) is 6.07 Å². The molecule has 2 aromatic rings. The third-order valence-electron chi connectivity index (χ3n) is 6.02. The predicted molar refractivity (Wildman–Crippen MR) is 139 cm³/mol. The molecule has 1 atom stereocenters. The highest BCUT2D eigenvalue weighted by molar-refractivity contribution is 7.90. The first-order valence-corrected chi connectivity index (χ1v) is 14.4. The maximum absolute atomic E-state index is 13.3. The molecule has 1 unspecified atom stereocenters. The number of amides is 2. The summed E-state index contributed by atoms with van der Waals surface area (Å²) in [4.78, 5) is 25.2. The van der Waals surface area contributed by atoms with Crippen molar-refractivity contribution in [1.29, 1.82) is 0 Å². The molecule has 1 aliphatic rings. The van der Waals surface area contributed by atoms with Gasteiger partial charge in [-0.15, -0.1) is 0 Å². The predicted octanol–water partition coefficient (Wildman–Crippen LogP) is 4.77. The summed E-state index contributed by atoms with van der Waals surface area (Å²) in [5, 5.41) is 10.1. The minimum atomic E-state index is -3.47. The number of nitrogens with one attached hydrogen (secondary N) is 2. The molecule has 36 heavy (non-hydrogen) atoms. The summed E-state index contributed by atoms with van der Waals surface area (Å²) >= 11 is 6.28. The fourth-order valence-electron chi connectivity index (χ4n) is 4.36. The zero-order valence-electron chi connectivity index (χ0n) is 21.2. The lowest BCUT2D eigenvalue weighted by Crippen LogP contribution is -2.34. The smallest absolute Gasteiger partial charge is 0.407 e. The van der Waals surface area contributed by atoms with Crippen molar-refractivity contribution in [1.82, 2.24) is 15.1 Å². The molecule has 2 amide bonds. The van der Waals surface area contributed by atoms with E-state index >= 15 is 0 Å². The second-order valence-corrected chi connectivity index (χ2v) is 12.7. The second-order valence-electron chi connectivity index (χ2n) is 10.3. The van der Waals surface area contributed by atoms with Crippen LogP contribution in [0.25, 0.3) is 0 Å². The van der Waals surface area contributed by atoms with Crippen LogP contribution in [0.4, 0.5) is 10.6 Å². The van der Waals surface area contributed by atoms with Crippen molar-refractivity contribution in [2.24, 2.45) is 5.92 Å². The molecule has 198 valence electrons. The van der Waals surface area contributed by atoms with Gasteiger partial charge in [0.2, 0.25) is 5.91 Å². The number of benzene rings is 1. The summed E-state index contributed by atoms with van der Waals surface area (Å²) in [6, 6.07) is 6.41. The lowest BCUT2D eigenvalue weighted by Gasteiger charge is -2.21. The Morgan fingerprint density at radius 2 is 1.92 bits per heavy atom. The van der Waals surface area contributed by atoms with Crippen molar-refractivity contribution < 1.29 is 22.7 Å². The van der Waals surface area contributed by atoms with E-state index in [1.54, 1.807) is 49.8 Å². The van der Waals surface area contributed by atoms with Crippen LogP contribution in [0.2, 0.25) is 5.02 Å². The van der Waals surface area contributed by atoms with Gasteiger partial charge in [0.15, 0.2) is 15.7 Å². The monoisotopic (exact) mass is 538 g/mol. The van der Waals surface area contributed by atoms with E-state index in [2.05, 4.69) is 15.7 Å². The van der Waals surface area contributed by atoms with Gasteiger partial charge in [-0.3, -0.25) is 9.48 Å². The van der Waals surface area contributed by atoms with Gasteiger partial charge in [0.1, 0.15) is 5.60 Å². The molecule has 11 heteroatoms. The van der Waals surface area contributed by atoms with Crippen LogP contribution in [0.1, 0.15) is 64.4 Å². The van der Waals surface area contributed by atoms with Crippen LogP contribution < -0.4 is 10.6 Å². The van der Waals surface area contributed by atoms with Gasteiger partial charge in [-0.25, -0.2) is 13.2 Å². The molecule has 3 rings (SSSR count). The van der Waals surface area contributed by atoms with Crippen molar-refractivity contribution >= 4 is 39.3 Å². The molecule has 0 saturated heterocycles. The van der Waals surface area contributed by atoms with Crippen LogP contribution in [-0.2, 0) is 25.9 Å². The molecule has 1 aromatic carbocycles. The number of halogens is 1. The van der Waals surface area contributed by atoms with E-state index < -0.39 is 27.4 Å². The molecule has 1 aliphatic carbocycles. The van der Waals surface area contributed by atoms with Crippen LogP contribution in [0.3, 0.4) is 0 Å². The van der Waals surface area contributed by atoms with Gasteiger partial charge in [0.25, 0.3) is 0 Å². The largest absolute Gasteiger partial charge is 0.444 e. The van der Waals surface area contributed by atoms with E-state index in [4.69, 9.17) is 16.3 Å². The minimum Gasteiger partial charge on any atom is -0.444 e. The molecule has 0 bridgehead atoms. The van der Waals surface area contributed by atoms with Crippen molar-refractivity contribution in [2.75, 3.05) is 18.1 Å². The van der Waals surface area contributed by atoms with Gasteiger partial charge in [-0.1, -0.05) is 43.4 Å². The number of hydrogen-bond acceptors (Lipinski definition) is 6. The maximum Gasteiger partial charge on any atom is 0.407 e. The van der Waals surface area contributed by atoms with Crippen molar-refractivity contribution in [2.45, 2.75) is 75.8 Å². The van der Waals surface area contributed by atoms with Crippen LogP contribution in [-0.4, -0.2) is 48.6 Å². The van der Waals surface area contributed by atoms with E-state index in [0.29, 0.717) is 36.8 Å². The number of carbonyl (C=O) groups excluding carboxylic acids is 2. The number of alkyl carbamates (subject to hydrolysis) is 1. The number of hydrogen-bond donors (Lipinski definition) is 2. The average molecular weight is 539 g/mol. The molecule has 1 heterocycles. The lowest BCUT2D eigenvalue weighted by atomic mass is 9.87. The molecule has 0 radical (unpaired) electrons. The first-order chi connectivity index (χ1) is 16.8. The van der Waals surface area contributed by atoms with Crippen molar-refractivity contribution in [3.63, 3.8) is 0 Å². The number of anilines is 1. The first-order valence-electron chi connectivity index (χ1n) is 12.1. The molecule has 1 saturated carbocycles.